The minimum Gasteiger partial charge on any atom is -0.492 e. The van der Waals surface area contributed by atoms with Crippen molar-refractivity contribution in [2.24, 2.45) is 0 Å². The predicted molar refractivity (Wildman–Crippen MR) is 95.2 cm³/mol. The number of carbonyl (C=O) groups excluding carboxylic acids is 2. The van der Waals surface area contributed by atoms with Gasteiger partial charge in [0.05, 0.1) is 0 Å². The monoisotopic (exact) mass is 338 g/mol. The Bertz CT molecular complexity index is 449. The molecule has 0 saturated carbocycles. The molecular weight excluding hydrogens is 308 g/mol. The van der Waals surface area contributed by atoms with Crippen LogP contribution in [0.2, 0.25) is 0 Å². The molecule has 24 heavy (non-hydrogen) atoms. The first-order valence-electron chi connectivity index (χ1n) is 8.00. The van der Waals surface area contributed by atoms with Crippen molar-refractivity contribution in [1.82, 2.24) is 9.80 Å². The van der Waals surface area contributed by atoms with Crippen molar-refractivity contribution in [2.75, 3.05) is 47.5 Å². The molecule has 0 N–H and O–H groups in total. The fourth-order valence-corrected chi connectivity index (χ4v) is 1.81. The summed E-state index contributed by atoms with van der Waals surface area (Å²) in [5.41, 5.74) is 1.08. The molecule has 1 amide bonds. The summed E-state index contributed by atoms with van der Waals surface area (Å²) >= 11 is 0. The Balaban J connectivity index is 0.00000254. The summed E-state index contributed by atoms with van der Waals surface area (Å²) in [6.45, 7) is 6.92. The van der Waals surface area contributed by atoms with Gasteiger partial charge in [-0.05, 0) is 38.2 Å². The summed E-state index contributed by atoms with van der Waals surface area (Å²) in [6, 6.07) is 7.86. The molecule has 0 unspecified atom stereocenters. The van der Waals surface area contributed by atoms with Crippen LogP contribution in [0.3, 0.4) is 0 Å². The van der Waals surface area contributed by atoms with E-state index in [2.05, 4.69) is 4.90 Å². The van der Waals surface area contributed by atoms with Gasteiger partial charge in [-0.15, -0.1) is 0 Å². The van der Waals surface area contributed by atoms with Crippen molar-refractivity contribution in [2.45, 2.75) is 19.9 Å². The van der Waals surface area contributed by atoms with Crippen molar-refractivity contribution in [1.29, 1.82) is 0 Å². The maximum Gasteiger partial charge on any atom is 0.248 e. The summed E-state index contributed by atoms with van der Waals surface area (Å²) in [6.07, 6.45) is 0.923. The first-order valence-corrected chi connectivity index (χ1v) is 8.00. The third-order valence-electron chi connectivity index (χ3n) is 3.15. The topological polar surface area (TPSA) is 59.1 Å². The average molecular weight is 338 g/mol. The lowest BCUT2D eigenvalue weighted by Gasteiger charge is -2.17. The van der Waals surface area contributed by atoms with E-state index in [1.165, 1.54) is 0 Å². The molecule has 0 saturated heterocycles. The highest BCUT2D eigenvalue weighted by Crippen LogP contribution is 2.13. The van der Waals surface area contributed by atoms with Crippen LogP contribution in [0.15, 0.2) is 24.3 Å². The Morgan fingerprint density at radius 2 is 1.71 bits per heavy atom. The van der Waals surface area contributed by atoms with E-state index in [1.54, 1.807) is 11.9 Å². The van der Waals surface area contributed by atoms with Gasteiger partial charge in [0, 0.05) is 26.7 Å². The van der Waals surface area contributed by atoms with Crippen LogP contribution in [-0.4, -0.2) is 70.0 Å². The van der Waals surface area contributed by atoms with Gasteiger partial charge in [-0.1, -0.05) is 19.1 Å². The second-order valence-electron chi connectivity index (χ2n) is 5.60. The van der Waals surface area contributed by atoms with E-state index in [1.807, 2.05) is 52.1 Å². The van der Waals surface area contributed by atoms with Crippen LogP contribution in [0.25, 0.3) is 0 Å². The summed E-state index contributed by atoms with van der Waals surface area (Å²) in [5.74, 6) is 0.852. The second-order valence-corrected chi connectivity index (χ2v) is 5.60. The number of hydrogen-bond donors (Lipinski definition) is 0. The highest BCUT2D eigenvalue weighted by molar-refractivity contribution is 5.77. The largest absolute Gasteiger partial charge is 0.492 e. The summed E-state index contributed by atoms with van der Waals surface area (Å²) in [4.78, 5) is 23.6. The number of hydrogen-bond acceptors (Lipinski definition) is 5. The number of nitrogens with zero attached hydrogens (tertiary/aromatic N) is 2. The fraction of sp³-hybridized carbons (Fsp3) is 0.556. The van der Waals surface area contributed by atoms with Gasteiger partial charge in [-0.3, -0.25) is 4.79 Å². The van der Waals surface area contributed by atoms with E-state index < -0.39 is 0 Å². The molecule has 1 aromatic carbocycles. The minimum absolute atomic E-state index is 0.000223. The highest BCUT2D eigenvalue weighted by atomic mass is 16.5. The Hall–Kier alpha value is -1.92. The molecule has 0 radical (unpaired) electrons. The fourth-order valence-electron chi connectivity index (χ4n) is 1.81. The second kappa shape index (κ2) is 13.5. The lowest BCUT2D eigenvalue weighted by molar-refractivity contribution is -0.135. The lowest BCUT2D eigenvalue weighted by atomic mass is 10.2. The van der Waals surface area contributed by atoms with Crippen LogP contribution in [0.5, 0.6) is 5.75 Å². The number of likely N-dealkylation sites (N-methyl/N-ethyl adjacent to an activating group) is 2. The van der Waals surface area contributed by atoms with E-state index in [0.717, 1.165) is 24.3 Å². The van der Waals surface area contributed by atoms with Crippen molar-refractivity contribution < 1.29 is 19.1 Å². The maximum absolute atomic E-state index is 11.9. The van der Waals surface area contributed by atoms with Crippen LogP contribution < -0.4 is 4.74 Å². The van der Waals surface area contributed by atoms with Crippen LogP contribution in [-0.2, 0) is 20.9 Å². The van der Waals surface area contributed by atoms with Gasteiger partial charge in [0.1, 0.15) is 25.8 Å². The molecule has 0 aliphatic rings. The standard InChI is InChI=1S/C17H28N2O3.CH2O/c1-5-11-21-14-17(20)19(4)13-15-6-8-16(9-7-15)22-12-10-18(2)3;1-2/h6-9H,5,10-14H2,1-4H3;1H2. The summed E-state index contributed by atoms with van der Waals surface area (Å²) in [5, 5.41) is 0. The maximum atomic E-state index is 11.9. The van der Waals surface area contributed by atoms with Gasteiger partial charge >= 0.3 is 0 Å². The molecule has 0 spiro atoms. The molecule has 0 aromatic heterocycles. The smallest absolute Gasteiger partial charge is 0.248 e. The number of carbonyl (C=O) groups is 2. The molecule has 0 fully saturated rings. The van der Waals surface area contributed by atoms with E-state index in [0.29, 0.717) is 19.8 Å². The summed E-state index contributed by atoms with van der Waals surface area (Å²) < 4.78 is 10.9. The molecule has 6 heteroatoms. The molecule has 136 valence electrons. The minimum atomic E-state index is -0.000223. The van der Waals surface area contributed by atoms with Crippen LogP contribution in [0.4, 0.5) is 0 Å². The molecule has 1 rings (SSSR count). The van der Waals surface area contributed by atoms with Gasteiger partial charge in [0.25, 0.3) is 0 Å². The molecule has 0 aliphatic carbocycles. The molecule has 0 aliphatic heterocycles. The number of ether oxygens (including phenoxy) is 2. The van der Waals surface area contributed by atoms with Crippen LogP contribution >= 0.6 is 0 Å². The van der Waals surface area contributed by atoms with E-state index in [-0.39, 0.29) is 12.5 Å². The zero-order valence-electron chi connectivity index (χ0n) is 15.3. The zero-order valence-corrected chi connectivity index (χ0v) is 15.3. The van der Waals surface area contributed by atoms with Gasteiger partial charge in [-0.25, -0.2) is 0 Å². The number of benzene rings is 1. The lowest BCUT2D eigenvalue weighted by Crippen LogP contribution is -2.29. The molecule has 1 aromatic rings. The first-order chi connectivity index (χ1) is 11.5. The Kier molecular flexibility index (Phi) is 12.4. The van der Waals surface area contributed by atoms with Crippen molar-refractivity contribution in [3.63, 3.8) is 0 Å². The van der Waals surface area contributed by atoms with E-state index >= 15 is 0 Å². The van der Waals surface area contributed by atoms with Gasteiger partial charge in [0.2, 0.25) is 5.91 Å². The quantitative estimate of drug-likeness (QED) is 0.609. The molecule has 6 nitrogen and oxygen atoms in total. The van der Waals surface area contributed by atoms with E-state index in [4.69, 9.17) is 14.3 Å². The Morgan fingerprint density at radius 1 is 1.08 bits per heavy atom. The van der Waals surface area contributed by atoms with Gasteiger partial charge < -0.3 is 24.1 Å². The average Bonchev–Trinajstić information content (AvgIpc) is 2.58. The van der Waals surface area contributed by atoms with Crippen LogP contribution in [0, 0.1) is 0 Å². The van der Waals surface area contributed by atoms with Crippen LogP contribution in [0.1, 0.15) is 18.9 Å². The summed E-state index contributed by atoms with van der Waals surface area (Å²) in [7, 11) is 5.83. The van der Waals surface area contributed by atoms with Gasteiger partial charge in [0.15, 0.2) is 0 Å². The highest BCUT2D eigenvalue weighted by Gasteiger charge is 2.09. The zero-order chi connectivity index (χ0) is 18.4. The first kappa shape index (κ1) is 22.1. The Morgan fingerprint density at radius 3 is 2.25 bits per heavy atom. The Labute approximate surface area is 145 Å². The van der Waals surface area contributed by atoms with E-state index in [9.17, 15) is 4.79 Å². The predicted octanol–water partition coefficient (Wildman–Crippen LogP) is 1.83. The molecule has 0 bridgehead atoms. The molecule has 0 heterocycles. The third kappa shape index (κ3) is 9.97. The van der Waals surface area contributed by atoms with Crippen molar-refractivity contribution in [3.8, 4) is 5.75 Å². The SMILES string of the molecule is C=O.CCCOCC(=O)N(C)Cc1ccc(OCCN(C)C)cc1. The normalized spacial score (nSPS) is 10.0. The molecule has 0 atom stereocenters. The van der Waals surface area contributed by atoms with Crippen molar-refractivity contribution in [3.05, 3.63) is 29.8 Å². The number of amides is 1. The molecular formula is C18H30N2O4. The van der Waals surface area contributed by atoms with Gasteiger partial charge in [-0.2, -0.15) is 0 Å². The number of rotatable bonds is 10. The third-order valence-corrected chi connectivity index (χ3v) is 3.15. The van der Waals surface area contributed by atoms with Crippen molar-refractivity contribution >= 4 is 12.7 Å².